The van der Waals surface area contributed by atoms with E-state index in [9.17, 15) is 9.59 Å². The Kier molecular flexibility index (Phi) is 4.25. The minimum absolute atomic E-state index is 0.0332. The number of benzene rings is 1. The molecule has 0 bridgehead atoms. The van der Waals surface area contributed by atoms with E-state index in [4.69, 9.17) is 9.47 Å². The Morgan fingerprint density at radius 3 is 2.92 bits per heavy atom. The number of nitrogens with zero attached hydrogens (tertiary/aromatic N) is 2. The molecule has 1 saturated carbocycles. The van der Waals surface area contributed by atoms with Crippen LogP contribution < -0.4 is 19.7 Å². The Bertz CT molecular complexity index is 689. The second-order valence-electron chi connectivity index (χ2n) is 6.95. The molecule has 4 rings (SSSR count). The molecule has 2 aliphatic heterocycles. The first-order valence-corrected chi connectivity index (χ1v) is 8.80. The average Bonchev–Trinajstić information content (AvgIpc) is 3.23. The number of rotatable bonds is 6. The van der Waals surface area contributed by atoms with E-state index in [1.54, 1.807) is 17.0 Å². The second kappa shape index (κ2) is 6.55. The van der Waals surface area contributed by atoms with E-state index in [0.717, 1.165) is 12.2 Å². The number of hydrogen-bond donors (Lipinski definition) is 1. The molecule has 0 spiro atoms. The molecule has 2 amide bonds. The van der Waals surface area contributed by atoms with Gasteiger partial charge >= 0.3 is 0 Å². The van der Waals surface area contributed by atoms with Gasteiger partial charge in [-0.2, -0.15) is 0 Å². The zero-order chi connectivity index (χ0) is 17.4. The van der Waals surface area contributed by atoms with Gasteiger partial charge in [-0.1, -0.05) is 0 Å². The number of anilines is 1. The number of nitrogens with one attached hydrogen (secondary N) is 1. The van der Waals surface area contributed by atoms with Crippen molar-refractivity contribution in [3.63, 3.8) is 0 Å². The Hall–Kier alpha value is -2.28. The van der Waals surface area contributed by atoms with E-state index < -0.39 is 0 Å². The van der Waals surface area contributed by atoms with Crippen molar-refractivity contribution in [2.75, 3.05) is 38.4 Å². The van der Waals surface area contributed by atoms with Crippen LogP contribution in [0.3, 0.4) is 0 Å². The van der Waals surface area contributed by atoms with Gasteiger partial charge < -0.3 is 24.6 Å². The average molecular weight is 345 g/mol. The van der Waals surface area contributed by atoms with Gasteiger partial charge in [-0.15, -0.1) is 0 Å². The lowest BCUT2D eigenvalue weighted by molar-refractivity contribution is -0.126. The van der Waals surface area contributed by atoms with Crippen LogP contribution >= 0.6 is 0 Å². The summed E-state index contributed by atoms with van der Waals surface area (Å²) < 4.78 is 10.7. The molecule has 7 heteroatoms. The van der Waals surface area contributed by atoms with E-state index in [1.807, 2.05) is 6.07 Å². The summed E-state index contributed by atoms with van der Waals surface area (Å²) in [5, 5.41) is 2.97. The van der Waals surface area contributed by atoms with Crippen LogP contribution in [0.15, 0.2) is 18.2 Å². The van der Waals surface area contributed by atoms with E-state index >= 15 is 0 Å². The Morgan fingerprint density at radius 1 is 1.32 bits per heavy atom. The maximum absolute atomic E-state index is 12.4. The molecule has 1 aromatic carbocycles. The molecular formula is C18H23N3O4. The van der Waals surface area contributed by atoms with Gasteiger partial charge in [-0.05, 0) is 32.0 Å². The smallest absolute Gasteiger partial charge is 0.231 e. The summed E-state index contributed by atoms with van der Waals surface area (Å²) in [5.74, 6) is 0.949. The lowest BCUT2D eigenvalue weighted by Crippen LogP contribution is -2.38. The molecule has 0 radical (unpaired) electrons. The van der Waals surface area contributed by atoms with Crippen LogP contribution in [0.4, 0.5) is 5.69 Å². The quantitative estimate of drug-likeness (QED) is 0.832. The lowest BCUT2D eigenvalue weighted by Gasteiger charge is -2.18. The first-order chi connectivity index (χ1) is 12.1. The number of carbonyl (C=O) groups is 2. The molecule has 1 N–H and O–H groups in total. The highest BCUT2D eigenvalue weighted by Gasteiger charge is 2.35. The van der Waals surface area contributed by atoms with Crippen LogP contribution in [0, 0.1) is 5.92 Å². The first kappa shape index (κ1) is 16.2. The van der Waals surface area contributed by atoms with Gasteiger partial charge in [0.1, 0.15) is 0 Å². The Labute approximate surface area is 146 Å². The lowest BCUT2D eigenvalue weighted by atomic mass is 10.1. The zero-order valence-corrected chi connectivity index (χ0v) is 14.4. The number of carbonyl (C=O) groups excluding carboxylic acids is 2. The summed E-state index contributed by atoms with van der Waals surface area (Å²) in [5.41, 5.74) is 0.748. The third kappa shape index (κ3) is 3.42. The predicted octanol–water partition coefficient (Wildman–Crippen LogP) is 0.979. The zero-order valence-electron chi connectivity index (χ0n) is 14.4. The van der Waals surface area contributed by atoms with Crippen molar-refractivity contribution in [3.05, 3.63) is 18.2 Å². The van der Waals surface area contributed by atoms with Crippen LogP contribution in [-0.2, 0) is 9.59 Å². The van der Waals surface area contributed by atoms with E-state index in [2.05, 4.69) is 17.3 Å². The van der Waals surface area contributed by atoms with Gasteiger partial charge in [0.15, 0.2) is 11.5 Å². The van der Waals surface area contributed by atoms with E-state index in [0.29, 0.717) is 30.6 Å². The molecule has 7 nitrogen and oxygen atoms in total. The fourth-order valence-electron chi connectivity index (χ4n) is 3.38. The third-order valence-corrected chi connectivity index (χ3v) is 5.10. The minimum Gasteiger partial charge on any atom is -0.454 e. The largest absolute Gasteiger partial charge is 0.454 e. The molecule has 1 aliphatic carbocycles. The van der Waals surface area contributed by atoms with Crippen LogP contribution in [0.2, 0.25) is 0 Å². The molecule has 3 aliphatic rings. The summed E-state index contributed by atoms with van der Waals surface area (Å²) in [6.07, 6.45) is 2.76. The highest BCUT2D eigenvalue weighted by atomic mass is 16.7. The van der Waals surface area contributed by atoms with E-state index in [-0.39, 0.29) is 30.9 Å². The topological polar surface area (TPSA) is 71.1 Å². The third-order valence-electron chi connectivity index (χ3n) is 5.10. The molecule has 25 heavy (non-hydrogen) atoms. The van der Waals surface area contributed by atoms with Crippen molar-refractivity contribution < 1.29 is 19.1 Å². The predicted molar refractivity (Wildman–Crippen MR) is 91.7 cm³/mol. The van der Waals surface area contributed by atoms with Crippen molar-refractivity contribution in [2.45, 2.75) is 25.3 Å². The fraction of sp³-hybridized carbons (Fsp3) is 0.556. The molecule has 2 fully saturated rings. The maximum atomic E-state index is 12.4. The summed E-state index contributed by atoms with van der Waals surface area (Å²) >= 11 is 0. The normalized spacial score (nSPS) is 21.9. The molecule has 134 valence electrons. The van der Waals surface area contributed by atoms with Crippen molar-refractivity contribution in [1.29, 1.82) is 0 Å². The van der Waals surface area contributed by atoms with Gasteiger partial charge in [0.25, 0.3) is 0 Å². The van der Waals surface area contributed by atoms with Crippen LogP contribution in [-0.4, -0.2) is 56.2 Å². The summed E-state index contributed by atoms with van der Waals surface area (Å²) in [4.78, 5) is 28.6. The number of hydrogen-bond acceptors (Lipinski definition) is 5. The second-order valence-corrected chi connectivity index (χ2v) is 6.95. The van der Waals surface area contributed by atoms with Crippen LogP contribution in [0.1, 0.15) is 19.3 Å². The molecule has 1 atom stereocenters. The summed E-state index contributed by atoms with van der Waals surface area (Å²) in [6.45, 7) is 2.08. The minimum atomic E-state index is -0.302. The Balaban J connectivity index is 1.32. The highest BCUT2D eigenvalue weighted by molar-refractivity contribution is 6.00. The van der Waals surface area contributed by atoms with Crippen molar-refractivity contribution in [2.24, 2.45) is 5.92 Å². The number of amides is 2. The number of likely N-dealkylation sites (N-methyl/N-ethyl adjacent to an activating group) is 1. The Morgan fingerprint density at radius 2 is 2.12 bits per heavy atom. The molecule has 1 saturated heterocycles. The molecule has 1 aromatic rings. The van der Waals surface area contributed by atoms with Crippen molar-refractivity contribution in [3.8, 4) is 11.5 Å². The van der Waals surface area contributed by atoms with Crippen molar-refractivity contribution in [1.82, 2.24) is 10.2 Å². The summed E-state index contributed by atoms with van der Waals surface area (Å²) in [7, 11) is 2.09. The monoisotopic (exact) mass is 345 g/mol. The van der Waals surface area contributed by atoms with Gasteiger partial charge in [0, 0.05) is 43.9 Å². The maximum Gasteiger partial charge on any atom is 0.231 e. The van der Waals surface area contributed by atoms with Crippen LogP contribution in [0.5, 0.6) is 11.5 Å². The van der Waals surface area contributed by atoms with Gasteiger partial charge in [0.05, 0.1) is 5.92 Å². The SMILES string of the molecule is CN(CCNC(=O)C1CC(=O)N(c2ccc3c(c2)OCO3)C1)C1CC1. The molecule has 2 heterocycles. The van der Waals surface area contributed by atoms with Gasteiger partial charge in [0.2, 0.25) is 18.6 Å². The highest BCUT2D eigenvalue weighted by Crippen LogP contribution is 2.37. The molecule has 0 aromatic heterocycles. The van der Waals surface area contributed by atoms with Crippen LogP contribution in [0.25, 0.3) is 0 Å². The van der Waals surface area contributed by atoms with Gasteiger partial charge in [-0.3, -0.25) is 9.59 Å². The summed E-state index contributed by atoms with van der Waals surface area (Å²) in [6, 6.07) is 6.11. The fourth-order valence-corrected chi connectivity index (χ4v) is 3.38. The van der Waals surface area contributed by atoms with Gasteiger partial charge in [-0.25, -0.2) is 0 Å². The number of fused-ring (bicyclic) bond motifs is 1. The van der Waals surface area contributed by atoms with Crippen molar-refractivity contribution >= 4 is 17.5 Å². The molecular weight excluding hydrogens is 322 g/mol. The first-order valence-electron chi connectivity index (χ1n) is 8.80. The van der Waals surface area contributed by atoms with E-state index in [1.165, 1.54) is 12.8 Å². The standard InChI is InChI=1S/C18H23N3O4/c1-20(13-2-3-13)7-6-19-18(23)12-8-17(22)21(10-12)14-4-5-15-16(9-14)25-11-24-15/h4-5,9,12-13H,2-3,6-8,10-11H2,1H3,(H,19,23). The molecule has 1 unspecified atom stereocenters. The number of ether oxygens (including phenoxy) is 2.